The van der Waals surface area contributed by atoms with Gasteiger partial charge in [-0.15, -0.1) is 0 Å². The summed E-state index contributed by atoms with van der Waals surface area (Å²) in [5.41, 5.74) is 1.17. The van der Waals surface area contributed by atoms with E-state index < -0.39 is 0 Å². The Hall–Kier alpha value is -0.860. The van der Waals surface area contributed by atoms with Crippen LogP contribution in [0, 0.1) is 0 Å². The number of rotatable bonds is 4. The normalized spacial score (nSPS) is 8.85. The van der Waals surface area contributed by atoms with Crippen LogP contribution in [0.3, 0.4) is 0 Å². The smallest absolute Gasteiger partial charge is 0.146 e. The van der Waals surface area contributed by atoms with Crippen molar-refractivity contribution in [3.05, 3.63) is 35.9 Å². The van der Waals surface area contributed by atoms with Gasteiger partial charge in [0.2, 0.25) is 0 Å². The van der Waals surface area contributed by atoms with Gasteiger partial charge >= 0.3 is 0 Å². The maximum atomic E-state index is 5.15. The van der Waals surface area contributed by atoms with Crippen LogP contribution in [0.2, 0.25) is 0 Å². The minimum Gasteiger partial charge on any atom is -0.359 e. The monoisotopic (exact) mass is 182 g/mol. The van der Waals surface area contributed by atoms with Crippen LogP contribution in [-0.2, 0) is 16.1 Å². The second kappa shape index (κ2) is 9.23. The summed E-state index contributed by atoms with van der Waals surface area (Å²) in [6.45, 7) is 4.98. The number of ether oxygens (including phenoxy) is 2. The summed E-state index contributed by atoms with van der Waals surface area (Å²) in [6.07, 6.45) is 0. The van der Waals surface area contributed by atoms with Gasteiger partial charge in [0, 0.05) is 7.11 Å². The van der Waals surface area contributed by atoms with Crippen LogP contribution in [0.1, 0.15) is 19.4 Å². The number of hydrogen-bond acceptors (Lipinski definition) is 2. The Morgan fingerprint density at radius 3 is 2.23 bits per heavy atom. The van der Waals surface area contributed by atoms with Crippen molar-refractivity contribution in [3.63, 3.8) is 0 Å². The van der Waals surface area contributed by atoms with E-state index in [2.05, 4.69) is 0 Å². The zero-order valence-corrected chi connectivity index (χ0v) is 8.62. The Bertz CT molecular complexity index is 185. The summed E-state index contributed by atoms with van der Waals surface area (Å²) >= 11 is 0. The van der Waals surface area contributed by atoms with Gasteiger partial charge in [-0.3, -0.25) is 0 Å². The Morgan fingerprint density at radius 2 is 1.69 bits per heavy atom. The highest BCUT2D eigenvalue weighted by Crippen LogP contribution is 1.99. The Kier molecular flexibility index (Phi) is 8.62. The molecule has 74 valence electrons. The molecule has 0 bridgehead atoms. The summed E-state index contributed by atoms with van der Waals surface area (Å²) in [7, 11) is 1.62. The van der Waals surface area contributed by atoms with Crippen LogP contribution >= 0.6 is 0 Å². The number of benzene rings is 1. The lowest BCUT2D eigenvalue weighted by Crippen LogP contribution is -1.96. The van der Waals surface area contributed by atoms with Crippen molar-refractivity contribution in [1.82, 2.24) is 0 Å². The predicted molar refractivity (Wildman–Crippen MR) is 54.5 cm³/mol. The molecule has 13 heavy (non-hydrogen) atoms. The van der Waals surface area contributed by atoms with Gasteiger partial charge in [-0.25, -0.2) is 0 Å². The fraction of sp³-hybridized carbons (Fsp3) is 0.455. The van der Waals surface area contributed by atoms with Gasteiger partial charge in [0.15, 0.2) is 0 Å². The van der Waals surface area contributed by atoms with E-state index in [0.717, 1.165) is 0 Å². The maximum absolute atomic E-state index is 5.15. The third kappa shape index (κ3) is 6.31. The van der Waals surface area contributed by atoms with Crippen molar-refractivity contribution in [2.75, 3.05) is 13.9 Å². The zero-order valence-electron chi connectivity index (χ0n) is 8.62. The Labute approximate surface area is 80.5 Å². The quantitative estimate of drug-likeness (QED) is 0.526. The summed E-state index contributed by atoms with van der Waals surface area (Å²) in [5.74, 6) is 0. The Balaban J connectivity index is 0.000000671. The second-order valence-corrected chi connectivity index (χ2v) is 2.24. The first kappa shape index (κ1) is 12.1. The maximum Gasteiger partial charge on any atom is 0.146 e. The molecule has 1 rings (SSSR count). The molecule has 1 aromatic carbocycles. The van der Waals surface area contributed by atoms with Crippen molar-refractivity contribution >= 4 is 0 Å². The molecule has 0 unspecified atom stereocenters. The molecule has 0 aromatic heterocycles. The molecule has 0 N–H and O–H groups in total. The highest BCUT2D eigenvalue weighted by atomic mass is 16.7. The van der Waals surface area contributed by atoms with Gasteiger partial charge in [-0.05, 0) is 5.56 Å². The lowest BCUT2D eigenvalue weighted by molar-refractivity contribution is -0.0390. The molecule has 0 heterocycles. The third-order valence-corrected chi connectivity index (χ3v) is 1.31. The number of methoxy groups -OCH3 is 1. The predicted octanol–water partition coefficient (Wildman–Crippen LogP) is 2.83. The third-order valence-electron chi connectivity index (χ3n) is 1.31. The van der Waals surface area contributed by atoms with E-state index in [9.17, 15) is 0 Å². The first-order valence-corrected chi connectivity index (χ1v) is 4.54. The first-order chi connectivity index (χ1) is 6.43. The van der Waals surface area contributed by atoms with Gasteiger partial charge in [0.05, 0.1) is 6.61 Å². The lowest BCUT2D eigenvalue weighted by atomic mass is 10.2. The molecule has 0 aliphatic heterocycles. The van der Waals surface area contributed by atoms with Crippen LogP contribution in [0.4, 0.5) is 0 Å². The molecule has 2 heteroatoms. The molecule has 0 saturated heterocycles. The van der Waals surface area contributed by atoms with E-state index in [0.29, 0.717) is 13.4 Å². The summed E-state index contributed by atoms with van der Waals surface area (Å²) in [5, 5.41) is 0. The van der Waals surface area contributed by atoms with Crippen LogP contribution < -0.4 is 0 Å². The number of hydrogen-bond donors (Lipinski definition) is 0. The summed E-state index contributed by atoms with van der Waals surface area (Å²) in [6, 6.07) is 10.0. The lowest BCUT2D eigenvalue weighted by Gasteiger charge is -2.01. The molecule has 0 amide bonds. The average molecular weight is 182 g/mol. The molecule has 0 spiro atoms. The van der Waals surface area contributed by atoms with Gasteiger partial charge in [0.25, 0.3) is 0 Å². The summed E-state index contributed by atoms with van der Waals surface area (Å²) in [4.78, 5) is 0. The van der Waals surface area contributed by atoms with Crippen LogP contribution in [0.5, 0.6) is 0 Å². The molecule has 0 aliphatic carbocycles. The second-order valence-electron chi connectivity index (χ2n) is 2.24. The molecule has 0 saturated carbocycles. The molecule has 2 nitrogen and oxygen atoms in total. The highest BCUT2D eigenvalue weighted by molar-refractivity contribution is 5.13. The topological polar surface area (TPSA) is 18.5 Å². The molecule has 0 radical (unpaired) electrons. The van der Waals surface area contributed by atoms with E-state index in [1.807, 2.05) is 44.2 Å². The van der Waals surface area contributed by atoms with Crippen molar-refractivity contribution < 1.29 is 9.47 Å². The van der Waals surface area contributed by atoms with Crippen molar-refractivity contribution in [3.8, 4) is 0 Å². The van der Waals surface area contributed by atoms with Crippen LogP contribution in [0.25, 0.3) is 0 Å². The molecule has 0 atom stereocenters. The van der Waals surface area contributed by atoms with Gasteiger partial charge in [-0.1, -0.05) is 44.2 Å². The van der Waals surface area contributed by atoms with Gasteiger partial charge < -0.3 is 9.47 Å². The van der Waals surface area contributed by atoms with Crippen molar-refractivity contribution in [2.45, 2.75) is 20.5 Å². The first-order valence-electron chi connectivity index (χ1n) is 4.54. The fourth-order valence-corrected chi connectivity index (χ4v) is 0.817. The minimum absolute atomic E-state index is 0.356. The molecule has 0 fully saturated rings. The van der Waals surface area contributed by atoms with E-state index in [1.165, 1.54) is 5.56 Å². The SMILES string of the molecule is CC.COCOCc1ccccc1. The van der Waals surface area contributed by atoms with E-state index in [1.54, 1.807) is 7.11 Å². The van der Waals surface area contributed by atoms with Gasteiger partial charge in [-0.2, -0.15) is 0 Å². The van der Waals surface area contributed by atoms with E-state index in [4.69, 9.17) is 9.47 Å². The fourth-order valence-electron chi connectivity index (χ4n) is 0.817. The average Bonchev–Trinajstić information content (AvgIpc) is 2.23. The van der Waals surface area contributed by atoms with Crippen LogP contribution in [-0.4, -0.2) is 13.9 Å². The van der Waals surface area contributed by atoms with Crippen molar-refractivity contribution in [2.24, 2.45) is 0 Å². The van der Waals surface area contributed by atoms with Gasteiger partial charge in [0.1, 0.15) is 6.79 Å². The molecular weight excluding hydrogens is 164 g/mol. The molecular formula is C11H18O2. The zero-order chi connectivity index (χ0) is 9.94. The van der Waals surface area contributed by atoms with Crippen LogP contribution in [0.15, 0.2) is 30.3 Å². The standard InChI is InChI=1S/C9H12O2.C2H6/c1-10-8-11-7-9-5-3-2-4-6-9;1-2/h2-6H,7-8H2,1H3;1-2H3. The highest BCUT2D eigenvalue weighted by Gasteiger charge is 1.88. The summed E-state index contributed by atoms with van der Waals surface area (Å²) < 4.78 is 9.89. The Morgan fingerprint density at radius 1 is 1.08 bits per heavy atom. The van der Waals surface area contributed by atoms with E-state index >= 15 is 0 Å². The van der Waals surface area contributed by atoms with E-state index in [-0.39, 0.29) is 0 Å². The molecule has 0 aliphatic rings. The molecule has 1 aromatic rings. The largest absolute Gasteiger partial charge is 0.359 e. The minimum atomic E-state index is 0.356. The van der Waals surface area contributed by atoms with Crippen molar-refractivity contribution in [1.29, 1.82) is 0 Å².